The van der Waals surface area contributed by atoms with Crippen molar-refractivity contribution >= 4 is 37.6 Å². The Morgan fingerprint density at radius 2 is 1.88 bits per heavy atom. The van der Waals surface area contributed by atoms with Gasteiger partial charge in [0.25, 0.3) is 0 Å². The molecule has 1 aliphatic carbocycles. The predicted molar refractivity (Wildman–Crippen MR) is 72.1 cm³/mol. The van der Waals surface area contributed by atoms with Crippen LogP contribution in [-0.2, 0) is 6.42 Å². The molecule has 2 aromatic carbocycles. The van der Waals surface area contributed by atoms with Crippen molar-refractivity contribution in [2.75, 3.05) is 0 Å². The van der Waals surface area contributed by atoms with Crippen LogP contribution in [-0.4, -0.2) is 0 Å². The molecule has 0 radical (unpaired) electrons. The highest BCUT2D eigenvalue weighted by atomic mass is 32.1. The van der Waals surface area contributed by atoms with E-state index in [1.54, 1.807) is 0 Å². The first kappa shape index (κ1) is 8.54. The van der Waals surface area contributed by atoms with Crippen molar-refractivity contribution in [3.63, 3.8) is 0 Å². The third kappa shape index (κ3) is 1.04. The lowest BCUT2D eigenvalue weighted by Crippen LogP contribution is -1.79. The summed E-state index contributed by atoms with van der Waals surface area (Å²) in [6.45, 7) is 0. The third-order valence-electron chi connectivity index (χ3n) is 3.27. The van der Waals surface area contributed by atoms with Gasteiger partial charge < -0.3 is 0 Å². The third-order valence-corrected chi connectivity index (χ3v) is 4.41. The molecule has 0 atom stereocenters. The summed E-state index contributed by atoms with van der Waals surface area (Å²) in [7, 11) is 0. The van der Waals surface area contributed by atoms with Gasteiger partial charge in [-0.25, -0.2) is 0 Å². The van der Waals surface area contributed by atoms with Gasteiger partial charge in [-0.15, -0.1) is 11.3 Å². The van der Waals surface area contributed by atoms with Crippen LogP contribution in [0.3, 0.4) is 0 Å². The van der Waals surface area contributed by atoms with Gasteiger partial charge >= 0.3 is 0 Å². The minimum atomic E-state index is 1.09. The topological polar surface area (TPSA) is 0 Å². The number of fused-ring (bicyclic) bond motifs is 4. The Labute approximate surface area is 97.8 Å². The summed E-state index contributed by atoms with van der Waals surface area (Å²) in [4.78, 5) is 0. The smallest absolute Gasteiger partial charge is 0.0361 e. The van der Waals surface area contributed by atoms with E-state index in [-0.39, 0.29) is 0 Å². The number of hydrogen-bond acceptors (Lipinski definition) is 1. The maximum Gasteiger partial charge on any atom is 0.0361 e. The van der Waals surface area contributed by atoms with Crippen LogP contribution in [0.2, 0.25) is 0 Å². The van der Waals surface area contributed by atoms with Crippen LogP contribution in [0.25, 0.3) is 26.2 Å². The molecule has 16 heavy (non-hydrogen) atoms. The molecule has 0 spiro atoms. The molecule has 3 aromatic rings. The SMILES string of the molecule is C1=Cc2cc3sc4ccccc4c3cc2C1. The molecule has 0 aliphatic heterocycles. The fraction of sp³-hybridized carbons (Fsp3) is 0.0667. The van der Waals surface area contributed by atoms with Crippen LogP contribution < -0.4 is 0 Å². The largest absolute Gasteiger partial charge is 0.135 e. The summed E-state index contributed by atoms with van der Waals surface area (Å²) >= 11 is 1.89. The van der Waals surface area contributed by atoms with E-state index in [1.165, 1.54) is 31.3 Å². The van der Waals surface area contributed by atoms with Crippen LogP contribution >= 0.6 is 11.3 Å². The first-order valence-electron chi connectivity index (χ1n) is 5.52. The molecular formula is C15H10S. The molecule has 0 N–H and O–H groups in total. The van der Waals surface area contributed by atoms with E-state index in [1.807, 2.05) is 11.3 Å². The molecule has 0 saturated heterocycles. The highest BCUT2D eigenvalue weighted by Gasteiger charge is 2.10. The molecule has 1 aromatic heterocycles. The Morgan fingerprint density at radius 1 is 0.938 bits per heavy atom. The molecule has 4 rings (SSSR count). The Morgan fingerprint density at radius 3 is 2.88 bits per heavy atom. The monoisotopic (exact) mass is 222 g/mol. The van der Waals surface area contributed by atoms with Crippen LogP contribution in [0.5, 0.6) is 0 Å². The molecule has 0 amide bonds. The Balaban J connectivity index is 2.21. The number of benzene rings is 2. The summed E-state index contributed by atoms with van der Waals surface area (Å²) in [5.41, 5.74) is 2.87. The molecular weight excluding hydrogens is 212 g/mol. The van der Waals surface area contributed by atoms with Crippen molar-refractivity contribution in [2.24, 2.45) is 0 Å². The van der Waals surface area contributed by atoms with Gasteiger partial charge in [0.05, 0.1) is 0 Å². The van der Waals surface area contributed by atoms with Crippen LogP contribution in [0.15, 0.2) is 42.5 Å². The lowest BCUT2D eigenvalue weighted by molar-refractivity contribution is 1.33. The second-order valence-electron chi connectivity index (χ2n) is 4.25. The molecule has 1 heteroatoms. The van der Waals surface area contributed by atoms with Gasteiger partial charge in [0.1, 0.15) is 0 Å². The van der Waals surface area contributed by atoms with E-state index < -0.39 is 0 Å². The van der Waals surface area contributed by atoms with Gasteiger partial charge in [0, 0.05) is 20.2 Å². The summed E-state index contributed by atoms with van der Waals surface area (Å²) < 4.78 is 2.80. The number of rotatable bonds is 0. The minimum absolute atomic E-state index is 1.09. The highest BCUT2D eigenvalue weighted by molar-refractivity contribution is 7.25. The fourth-order valence-corrected chi connectivity index (χ4v) is 3.61. The van der Waals surface area contributed by atoms with Crippen LogP contribution in [0, 0.1) is 0 Å². The molecule has 0 fully saturated rings. The second-order valence-corrected chi connectivity index (χ2v) is 5.34. The zero-order chi connectivity index (χ0) is 10.5. The molecule has 1 heterocycles. The van der Waals surface area contributed by atoms with Gasteiger partial charge in [-0.1, -0.05) is 30.4 Å². The zero-order valence-corrected chi connectivity index (χ0v) is 9.55. The molecule has 0 bridgehead atoms. The van der Waals surface area contributed by atoms with E-state index in [0.717, 1.165) is 6.42 Å². The molecule has 1 aliphatic rings. The molecule has 76 valence electrons. The van der Waals surface area contributed by atoms with Crippen molar-refractivity contribution in [1.29, 1.82) is 0 Å². The highest BCUT2D eigenvalue weighted by Crippen LogP contribution is 2.36. The Hall–Kier alpha value is -1.60. The van der Waals surface area contributed by atoms with Gasteiger partial charge in [0.2, 0.25) is 0 Å². The van der Waals surface area contributed by atoms with E-state index in [0.29, 0.717) is 0 Å². The summed E-state index contributed by atoms with van der Waals surface area (Å²) in [5.74, 6) is 0. The normalized spacial score (nSPS) is 13.8. The second kappa shape index (κ2) is 2.96. The summed E-state index contributed by atoms with van der Waals surface area (Å²) in [6, 6.07) is 13.4. The molecule has 0 unspecified atom stereocenters. The van der Waals surface area contributed by atoms with Gasteiger partial charge in [-0.3, -0.25) is 0 Å². The first-order valence-corrected chi connectivity index (χ1v) is 6.34. The van der Waals surface area contributed by atoms with Crippen molar-refractivity contribution < 1.29 is 0 Å². The standard InChI is InChI=1S/C15H10S/c1-2-7-14-12(6-1)13-8-10-4-3-5-11(10)9-15(13)16-14/h1-3,5-9H,4H2. The summed E-state index contributed by atoms with van der Waals surface area (Å²) in [6.07, 6.45) is 5.57. The van der Waals surface area contributed by atoms with E-state index in [9.17, 15) is 0 Å². The zero-order valence-electron chi connectivity index (χ0n) is 8.73. The summed E-state index contributed by atoms with van der Waals surface area (Å²) in [5, 5.41) is 2.82. The Bertz CT molecular complexity index is 732. The van der Waals surface area contributed by atoms with Crippen molar-refractivity contribution in [3.8, 4) is 0 Å². The lowest BCUT2D eigenvalue weighted by Gasteiger charge is -1.98. The maximum absolute atomic E-state index is 2.36. The van der Waals surface area contributed by atoms with E-state index in [2.05, 4.69) is 48.6 Å². The van der Waals surface area contributed by atoms with Crippen LogP contribution in [0.4, 0.5) is 0 Å². The predicted octanol–water partition coefficient (Wildman–Crippen LogP) is 4.62. The van der Waals surface area contributed by atoms with E-state index >= 15 is 0 Å². The van der Waals surface area contributed by atoms with Crippen molar-refractivity contribution in [1.82, 2.24) is 0 Å². The molecule has 0 nitrogen and oxygen atoms in total. The fourth-order valence-electron chi connectivity index (χ4n) is 2.48. The maximum atomic E-state index is 2.36. The van der Waals surface area contributed by atoms with E-state index in [4.69, 9.17) is 0 Å². The Kier molecular flexibility index (Phi) is 1.58. The van der Waals surface area contributed by atoms with Gasteiger partial charge in [-0.2, -0.15) is 0 Å². The lowest BCUT2D eigenvalue weighted by atomic mass is 10.1. The van der Waals surface area contributed by atoms with Gasteiger partial charge in [0.15, 0.2) is 0 Å². The molecule has 0 saturated carbocycles. The number of hydrogen-bond donors (Lipinski definition) is 0. The number of allylic oxidation sites excluding steroid dienone is 1. The van der Waals surface area contributed by atoms with Crippen molar-refractivity contribution in [2.45, 2.75) is 6.42 Å². The first-order chi connectivity index (χ1) is 7.92. The van der Waals surface area contributed by atoms with Crippen LogP contribution in [0.1, 0.15) is 11.1 Å². The van der Waals surface area contributed by atoms with Crippen molar-refractivity contribution in [3.05, 3.63) is 53.6 Å². The quantitative estimate of drug-likeness (QED) is 0.520. The average molecular weight is 222 g/mol. The average Bonchev–Trinajstić information content (AvgIpc) is 2.88. The van der Waals surface area contributed by atoms with Gasteiger partial charge in [-0.05, 0) is 35.7 Å². The minimum Gasteiger partial charge on any atom is -0.135 e. The number of thiophene rings is 1.